The minimum Gasteiger partial charge on any atom is -0.294 e. The van der Waals surface area contributed by atoms with Crippen LogP contribution in [0.3, 0.4) is 0 Å². The highest BCUT2D eigenvalue weighted by atomic mass is 19.3. The molecule has 1 aromatic rings. The summed E-state index contributed by atoms with van der Waals surface area (Å²) < 4.78 is 24.1. The Bertz CT molecular complexity index is 299. The van der Waals surface area contributed by atoms with E-state index in [-0.39, 0.29) is 16.9 Å². The third kappa shape index (κ3) is 1.84. The molecule has 0 spiro atoms. The minimum atomic E-state index is -2.57. The molecule has 0 aliphatic rings. The summed E-state index contributed by atoms with van der Waals surface area (Å²) in [6, 6.07) is 1.15. The zero-order valence-corrected chi connectivity index (χ0v) is 6.42. The van der Waals surface area contributed by atoms with Gasteiger partial charge in [-0.1, -0.05) is 0 Å². The van der Waals surface area contributed by atoms with Crippen LogP contribution in [0.1, 0.15) is 29.3 Å². The molecule has 4 heteroatoms. The molecule has 0 unspecified atom stereocenters. The molecule has 12 heavy (non-hydrogen) atoms. The predicted molar refractivity (Wildman–Crippen MR) is 39.2 cm³/mol. The van der Waals surface area contributed by atoms with Gasteiger partial charge in [-0.3, -0.25) is 9.78 Å². The lowest BCUT2D eigenvalue weighted by atomic mass is 10.1. The summed E-state index contributed by atoms with van der Waals surface area (Å²) in [4.78, 5) is 14.3. The van der Waals surface area contributed by atoms with E-state index in [2.05, 4.69) is 4.98 Å². The zero-order valence-electron chi connectivity index (χ0n) is 6.42. The number of rotatable bonds is 2. The summed E-state index contributed by atoms with van der Waals surface area (Å²) in [6.45, 7) is 1.31. The molecule has 2 nitrogen and oxygen atoms in total. The van der Waals surface area contributed by atoms with E-state index in [1.807, 2.05) is 0 Å². The van der Waals surface area contributed by atoms with Crippen LogP contribution in [-0.2, 0) is 0 Å². The predicted octanol–water partition coefficient (Wildman–Crippen LogP) is 2.22. The number of hydrogen-bond acceptors (Lipinski definition) is 2. The van der Waals surface area contributed by atoms with Crippen molar-refractivity contribution >= 4 is 5.78 Å². The molecule has 1 aromatic heterocycles. The van der Waals surface area contributed by atoms with Crippen LogP contribution >= 0.6 is 0 Å². The van der Waals surface area contributed by atoms with Crippen LogP contribution in [0.15, 0.2) is 18.5 Å². The Morgan fingerprint density at radius 3 is 2.67 bits per heavy atom. The highest BCUT2D eigenvalue weighted by molar-refractivity contribution is 5.93. The van der Waals surface area contributed by atoms with Crippen molar-refractivity contribution in [2.75, 3.05) is 0 Å². The normalized spacial score (nSPS) is 10.3. The lowest BCUT2D eigenvalue weighted by Crippen LogP contribution is -1.95. The van der Waals surface area contributed by atoms with Gasteiger partial charge in [-0.15, -0.1) is 0 Å². The SMILES string of the molecule is CC(=O)c1cncc(C(F)F)c1. The fourth-order valence-electron chi connectivity index (χ4n) is 0.770. The maximum atomic E-state index is 12.1. The third-order valence-corrected chi connectivity index (χ3v) is 1.42. The second-order valence-corrected chi connectivity index (χ2v) is 2.36. The van der Waals surface area contributed by atoms with Gasteiger partial charge in [0.05, 0.1) is 0 Å². The van der Waals surface area contributed by atoms with E-state index in [9.17, 15) is 13.6 Å². The molecule has 0 atom stereocenters. The molecule has 0 saturated heterocycles. The van der Waals surface area contributed by atoms with Crippen molar-refractivity contribution in [2.45, 2.75) is 13.3 Å². The highest BCUT2D eigenvalue weighted by Crippen LogP contribution is 2.18. The van der Waals surface area contributed by atoms with Crippen molar-refractivity contribution in [3.8, 4) is 0 Å². The number of carbonyl (C=O) groups excluding carboxylic acids is 1. The number of aromatic nitrogens is 1. The molecule has 0 fully saturated rings. The Kier molecular flexibility index (Phi) is 2.47. The van der Waals surface area contributed by atoms with Gasteiger partial charge in [0, 0.05) is 23.5 Å². The topological polar surface area (TPSA) is 30.0 Å². The van der Waals surface area contributed by atoms with E-state index in [4.69, 9.17) is 0 Å². The van der Waals surface area contributed by atoms with E-state index in [1.165, 1.54) is 13.1 Å². The molecule has 0 aromatic carbocycles. The molecule has 1 rings (SSSR count). The fourth-order valence-corrected chi connectivity index (χ4v) is 0.770. The molecule has 0 N–H and O–H groups in total. The minimum absolute atomic E-state index is 0.216. The Balaban J connectivity index is 3.04. The van der Waals surface area contributed by atoms with E-state index >= 15 is 0 Å². The number of halogens is 2. The molecular formula is C8H7F2NO. The van der Waals surface area contributed by atoms with Gasteiger partial charge in [0.15, 0.2) is 5.78 Å². The van der Waals surface area contributed by atoms with Crippen molar-refractivity contribution in [1.82, 2.24) is 4.98 Å². The summed E-state index contributed by atoms with van der Waals surface area (Å²) in [5, 5.41) is 0. The monoisotopic (exact) mass is 171 g/mol. The van der Waals surface area contributed by atoms with E-state index < -0.39 is 6.43 Å². The zero-order chi connectivity index (χ0) is 9.14. The van der Waals surface area contributed by atoms with Gasteiger partial charge in [-0.2, -0.15) is 0 Å². The van der Waals surface area contributed by atoms with Gasteiger partial charge in [0.1, 0.15) is 0 Å². The average molecular weight is 171 g/mol. The van der Waals surface area contributed by atoms with E-state index in [0.29, 0.717) is 0 Å². The summed E-state index contributed by atoms with van der Waals surface area (Å²) in [6.07, 6.45) is -0.248. The molecular weight excluding hydrogens is 164 g/mol. The number of hydrogen-bond donors (Lipinski definition) is 0. The number of nitrogens with zero attached hydrogens (tertiary/aromatic N) is 1. The lowest BCUT2D eigenvalue weighted by molar-refractivity contribution is 0.101. The van der Waals surface area contributed by atoms with Crippen LogP contribution in [0, 0.1) is 0 Å². The van der Waals surface area contributed by atoms with Gasteiger partial charge in [-0.25, -0.2) is 8.78 Å². The van der Waals surface area contributed by atoms with E-state index in [1.54, 1.807) is 0 Å². The van der Waals surface area contributed by atoms with Crippen LogP contribution in [0.2, 0.25) is 0 Å². The second kappa shape index (κ2) is 3.38. The molecule has 0 amide bonds. The maximum Gasteiger partial charge on any atom is 0.265 e. The second-order valence-electron chi connectivity index (χ2n) is 2.36. The van der Waals surface area contributed by atoms with Crippen molar-refractivity contribution in [2.24, 2.45) is 0 Å². The van der Waals surface area contributed by atoms with Crippen molar-refractivity contribution in [1.29, 1.82) is 0 Å². The molecule has 0 aliphatic heterocycles. The van der Waals surface area contributed by atoms with Gasteiger partial charge in [0.2, 0.25) is 0 Å². The molecule has 0 saturated carbocycles. The van der Waals surface area contributed by atoms with Crippen molar-refractivity contribution in [3.05, 3.63) is 29.6 Å². The first kappa shape index (κ1) is 8.77. The molecule has 64 valence electrons. The number of alkyl halides is 2. The standard InChI is InChI=1S/C8H7F2NO/c1-5(12)6-2-7(8(9)10)4-11-3-6/h2-4,8H,1H3. The Labute approximate surface area is 68.2 Å². The van der Waals surface area contributed by atoms with Gasteiger partial charge in [-0.05, 0) is 13.0 Å². The quantitative estimate of drug-likeness (QED) is 0.638. The number of pyridine rings is 1. The fraction of sp³-hybridized carbons (Fsp3) is 0.250. The van der Waals surface area contributed by atoms with Crippen LogP contribution in [0.4, 0.5) is 8.78 Å². The summed E-state index contributed by atoms with van der Waals surface area (Å²) >= 11 is 0. The molecule has 1 heterocycles. The van der Waals surface area contributed by atoms with E-state index in [0.717, 1.165) is 12.3 Å². The van der Waals surface area contributed by atoms with Crippen LogP contribution in [0.25, 0.3) is 0 Å². The Hall–Kier alpha value is -1.32. The molecule has 0 aliphatic carbocycles. The number of ketones is 1. The largest absolute Gasteiger partial charge is 0.294 e. The highest BCUT2D eigenvalue weighted by Gasteiger charge is 2.09. The Morgan fingerprint density at radius 1 is 1.50 bits per heavy atom. The summed E-state index contributed by atoms with van der Waals surface area (Å²) in [5.41, 5.74) is -0.00417. The first-order valence-corrected chi connectivity index (χ1v) is 3.35. The number of Topliss-reactive ketones (excluding diaryl/α,β-unsaturated/α-hetero) is 1. The average Bonchev–Trinajstić information content (AvgIpc) is 2.04. The van der Waals surface area contributed by atoms with Crippen molar-refractivity contribution in [3.63, 3.8) is 0 Å². The lowest BCUT2D eigenvalue weighted by Gasteiger charge is -1.99. The van der Waals surface area contributed by atoms with Crippen LogP contribution < -0.4 is 0 Å². The Morgan fingerprint density at radius 2 is 2.17 bits per heavy atom. The van der Waals surface area contributed by atoms with Crippen LogP contribution in [0.5, 0.6) is 0 Å². The molecule has 0 radical (unpaired) electrons. The smallest absolute Gasteiger partial charge is 0.265 e. The van der Waals surface area contributed by atoms with Gasteiger partial charge in [0.25, 0.3) is 6.43 Å². The van der Waals surface area contributed by atoms with Crippen molar-refractivity contribution < 1.29 is 13.6 Å². The summed E-state index contributed by atoms with van der Waals surface area (Å²) in [5.74, 6) is -0.259. The van der Waals surface area contributed by atoms with Crippen LogP contribution in [-0.4, -0.2) is 10.8 Å². The summed E-state index contributed by atoms with van der Waals surface area (Å²) in [7, 11) is 0. The third-order valence-electron chi connectivity index (χ3n) is 1.42. The number of carbonyl (C=O) groups is 1. The first-order valence-electron chi connectivity index (χ1n) is 3.35. The first-order chi connectivity index (χ1) is 5.61. The maximum absolute atomic E-state index is 12.1. The molecule has 0 bridgehead atoms. The van der Waals surface area contributed by atoms with Gasteiger partial charge >= 0.3 is 0 Å². The van der Waals surface area contributed by atoms with Gasteiger partial charge < -0.3 is 0 Å².